The number of carbonyl (C=O) groups is 3. The fraction of sp³-hybridized carbons (Fsp3) is 0.250. The summed E-state index contributed by atoms with van der Waals surface area (Å²) in [7, 11) is 0. The number of hydrogen-bond donors (Lipinski definition) is 0. The average Bonchev–Trinajstić information content (AvgIpc) is 3.30. The van der Waals surface area contributed by atoms with Crippen LogP contribution in [0.15, 0.2) is 59.2 Å². The van der Waals surface area contributed by atoms with Gasteiger partial charge in [0.2, 0.25) is 11.8 Å². The van der Waals surface area contributed by atoms with Crippen molar-refractivity contribution in [3.8, 4) is 0 Å². The number of imide groups is 1. The highest BCUT2D eigenvalue weighted by Gasteiger charge is 2.48. The average molecular weight is 368 g/mol. The number of rotatable bonds is 4. The summed E-state index contributed by atoms with van der Waals surface area (Å²) in [6.45, 7) is -0.240. The second kappa shape index (κ2) is 6.83. The Morgan fingerprint density at radius 1 is 1.07 bits per heavy atom. The molecule has 1 fully saturated rings. The highest BCUT2D eigenvalue weighted by atomic mass is 19.1. The third kappa shape index (κ3) is 3.05. The Labute approximate surface area is 154 Å². The Morgan fingerprint density at radius 3 is 2.26 bits per heavy atom. The molecule has 3 amide bonds. The van der Waals surface area contributed by atoms with Gasteiger partial charge in [0.05, 0.1) is 18.1 Å². The minimum atomic E-state index is -0.514. The molecule has 0 radical (unpaired) electrons. The zero-order chi connectivity index (χ0) is 19.0. The standard InChI is InChI=1S/C20H17FN2O4/c21-13-7-9-14(10-8-13)22(20(26)17-6-3-11-27-17)12-23-18(24)15-4-1-2-5-16(15)19(23)25/h1-3,6-11,15-16H,4-5,12H2/t15-,16-/m0/s1. The van der Waals surface area contributed by atoms with Crippen LogP contribution in [-0.4, -0.2) is 29.3 Å². The molecule has 0 unspecified atom stereocenters. The van der Waals surface area contributed by atoms with Gasteiger partial charge in [0.15, 0.2) is 5.76 Å². The van der Waals surface area contributed by atoms with Gasteiger partial charge in [-0.05, 0) is 49.2 Å². The van der Waals surface area contributed by atoms with Crippen molar-refractivity contribution in [2.75, 3.05) is 11.6 Å². The van der Waals surface area contributed by atoms with E-state index in [1.54, 1.807) is 6.07 Å². The quantitative estimate of drug-likeness (QED) is 0.614. The number of furan rings is 1. The molecule has 2 aromatic rings. The van der Waals surface area contributed by atoms with E-state index < -0.39 is 11.7 Å². The molecule has 27 heavy (non-hydrogen) atoms. The van der Waals surface area contributed by atoms with E-state index in [-0.39, 0.29) is 36.1 Å². The highest BCUT2D eigenvalue weighted by molar-refractivity contribution is 6.08. The number of halogens is 1. The molecule has 2 heterocycles. The van der Waals surface area contributed by atoms with Gasteiger partial charge in [-0.2, -0.15) is 0 Å². The number of nitrogens with zero attached hydrogens (tertiary/aromatic N) is 2. The van der Waals surface area contributed by atoms with E-state index >= 15 is 0 Å². The summed E-state index contributed by atoms with van der Waals surface area (Å²) in [5.74, 6) is -2.22. The predicted molar refractivity (Wildman–Crippen MR) is 94.0 cm³/mol. The summed E-state index contributed by atoms with van der Waals surface area (Å²) in [6, 6.07) is 8.36. The van der Waals surface area contributed by atoms with E-state index in [2.05, 4.69) is 0 Å². The van der Waals surface area contributed by atoms with Crippen LogP contribution in [0.1, 0.15) is 23.4 Å². The van der Waals surface area contributed by atoms with Gasteiger partial charge in [0, 0.05) is 5.69 Å². The molecule has 6 nitrogen and oxygen atoms in total. The molecule has 0 saturated carbocycles. The summed E-state index contributed by atoms with van der Waals surface area (Å²) >= 11 is 0. The number of likely N-dealkylation sites (tertiary alicyclic amines) is 1. The number of amides is 3. The molecule has 2 atom stereocenters. The summed E-state index contributed by atoms with van der Waals surface area (Å²) < 4.78 is 18.5. The minimum absolute atomic E-state index is 0.0671. The third-order valence-corrected chi connectivity index (χ3v) is 5.00. The molecular weight excluding hydrogens is 351 g/mol. The second-order valence-corrected chi connectivity index (χ2v) is 6.59. The zero-order valence-electron chi connectivity index (χ0n) is 14.4. The molecule has 0 N–H and O–H groups in total. The van der Waals surface area contributed by atoms with Gasteiger partial charge in [-0.1, -0.05) is 12.2 Å². The van der Waals surface area contributed by atoms with Crippen LogP contribution < -0.4 is 4.90 Å². The van der Waals surface area contributed by atoms with Crippen LogP contribution in [0.3, 0.4) is 0 Å². The molecule has 1 aliphatic heterocycles. The molecule has 2 aliphatic rings. The van der Waals surface area contributed by atoms with Crippen LogP contribution in [0.4, 0.5) is 10.1 Å². The summed E-state index contributed by atoms with van der Waals surface area (Å²) in [4.78, 5) is 40.7. The van der Waals surface area contributed by atoms with Crippen LogP contribution in [0, 0.1) is 17.7 Å². The maximum absolute atomic E-state index is 13.3. The summed E-state index contributed by atoms with van der Waals surface area (Å²) in [6.07, 6.45) is 6.22. The van der Waals surface area contributed by atoms with E-state index in [1.807, 2.05) is 12.2 Å². The van der Waals surface area contributed by atoms with E-state index in [0.29, 0.717) is 18.5 Å². The molecule has 1 aliphatic carbocycles. The lowest BCUT2D eigenvalue weighted by molar-refractivity contribution is -0.139. The normalized spacial score (nSPS) is 21.4. The van der Waals surface area contributed by atoms with E-state index in [0.717, 1.165) is 4.90 Å². The Hall–Kier alpha value is -3.22. The molecule has 138 valence electrons. The van der Waals surface area contributed by atoms with Crippen LogP contribution in [-0.2, 0) is 9.59 Å². The number of benzene rings is 1. The number of fused-ring (bicyclic) bond motifs is 1. The summed E-state index contributed by atoms with van der Waals surface area (Å²) in [5.41, 5.74) is 0.367. The highest BCUT2D eigenvalue weighted by Crippen LogP contribution is 2.35. The second-order valence-electron chi connectivity index (χ2n) is 6.59. The van der Waals surface area contributed by atoms with Crippen molar-refractivity contribution in [3.05, 3.63) is 66.4 Å². The first-order chi connectivity index (χ1) is 13.1. The van der Waals surface area contributed by atoms with E-state index in [4.69, 9.17) is 4.42 Å². The van der Waals surface area contributed by atoms with Gasteiger partial charge in [-0.3, -0.25) is 24.2 Å². The monoisotopic (exact) mass is 368 g/mol. The van der Waals surface area contributed by atoms with Gasteiger partial charge in [0.1, 0.15) is 12.5 Å². The van der Waals surface area contributed by atoms with Gasteiger partial charge in [0.25, 0.3) is 5.91 Å². The van der Waals surface area contributed by atoms with Gasteiger partial charge in [-0.25, -0.2) is 4.39 Å². The lowest BCUT2D eigenvalue weighted by atomic mass is 9.85. The molecular formula is C20H17FN2O4. The van der Waals surface area contributed by atoms with Crippen LogP contribution >= 0.6 is 0 Å². The van der Waals surface area contributed by atoms with Gasteiger partial charge in [-0.15, -0.1) is 0 Å². The fourth-order valence-electron chi connectivity index (χ4n) is 3.57. The number of carbonyl (C=O) groups excluding carboxylic acids is 3. The molecule has 7 heteroatoms. The number of anilines is 1. The van der Waals surface area contributed by atoms with Crippen molar-refractivity contribution in [2.24, 2.45) is 11.8 Å². The predicted octanol–water partition coefficient (Wildman–Crippen LogP) is 2.97. The lowest BCUT2D eigenvalue weighted by Gasteiger charge is -2.26. The maximum atomic E-state index is 13.3. The van der Waals surface area contributed by atoms with E-state index in [1.165, 1.54) is 41.5 Å². The first-order valence-corrected chi connectivity index (χ1v) is 8.67. The van der Waals surface area contributed by atoms with Crippen molar-refractivity contribution >= 4 is 23.4 Å². The molecule has 0 spiro atoms. The van der Waals surface area contributed by atoms with Crippen molar-refractivity contribution in [3.63, 3.8) is 0 Å². The van der Waals surface area contributed by atoms with Crippen LogP contribution in [0.2, 0.25) is 0 Å². The van der Waals surface area contributed by atoms with Crippen molar-refractivity contribution < 1.29 is 23.2 Å². The smallest absolute Gasteiger partial charge is 0.295 e. The summed E-state index contributed by atoms with van der Waals surface area (Å²) in [5, 5.41) is 0. The Balaban J connectivity index is 1.65. The molecule has 1 aromatic heterocycles. The largest absolute Gasteiger partial charge is 0.459 e. The van der Waals surface area contributed by atoms with Crippen molar-refractivity contribution in [2.45, 2.75) is 12.8 Å². The Bertz CT molecular complexity index is 879. The zero-order valence-corrected chi connectivity index (χ0v) is 14.4. The SMILES string of the molecule is O=C1[C@H]2CC=CC[C@@H]2C(=O)N1CN(C(=O)c1ccco1)c1ccc(F)cc1. The van der Waals surface area contributed by atoms with Crippen LogP contribution in [0.25, 0.3) is 0 Å². The third-order valence-electron chi connectivity index (χ3n) is 5.00. The van der Waals surface area contributed by atoms with Crippen molar-refractivity contribution in [1.29, 1.82) is 0 Å². The van der Waals surface area contributed by atoms with Crippen LogP contribution in [0.5, 0.6) is 0 Å². The number of allylic oxidation sites excluding steroid dienone is 2. The topological polar surface area (TPSA) is 70.8 Å². The lowest BCUT2D eigenvalue weighted by Crippen LogP contribution is -2.44. The van der Waals surface area contributed by atoms with Gasteiger partial charge < -0.3 is 4.42 Å². The van der Waals surface area contributed by atoms with Crippen molar-refractivity contribution in [1.82, 2.24) is 4.90 Å². The first kappa shape index (κ1) is 17.2. The molecule has 1 saturated heterocycles. The van der Waals surface area contributed by atoms with Gasteiger partial charge >= 0.3 is 0 Å². The molecule has 0 bridgehead atoms. The Morgan fingerprint density at radius 2 is 1.70 bits per heavy atom. The molecule has 4 rings (SSSR count). The Kier molecular flexibility index (Phi) is 4.35. The van der Waals surface area contributed by atoms with E-state index in [9.17, 15) is 18.8 Å². The molecule has 1 aromatic carbocycles. The minimum Gasteiger partial charge on any atom is -0.459 e. The number of hydrogen-bond acceptors (Lipinski definition) is 4. The maximum Gasteiger partial charge on any atom is 0.295 e. The fourth-order valence-corrected chi connectivity index (χ4v) is 3.57. The first-order valence-electron chi connectivity index (χ1n) is 8.67.